The number of carbonyl (C=O) groups excluding carboxylic acids is 2. The van der Waals surface area contributed by atoms with Gasteiger partial charge >= 0.3 is 0 Å². The van der Waals surface area contributed by atoms with Crippen LogP contribution in [0, 0.1) is 0 Å². The molecule has 2 N–H and O–H groups in total. The van der Waals surface area contributed by atoms with Gasteiger partial charge in [-0.2, -0.15) is 0 Å². The van der Waals surface area contributed by atoms with E-state index in [-0.39, 0.29) is 24.7 Å². The van der Waals surface area contributed by atoms with Gasteiger partial charge in [0.1, 0.15) is 5.75 Å². The molecule has 0 unspecified atom stereocenters. The number of H-pyrrole nitrogens is 1. The molecule has 6 nitrogen and oxygen atoms in total. The van der Waals surface area contributed by atoms with E-state index in [9.17, 15) is 9.59 Å². The zero-order valence-corrected chi connectivity index (χ0v) is 16.5. The molecule has 1 aliphatic heterocycles. The molecule has 0 saturated carbocycles. The van der Waals surface area contributed by atoms with Gasteiger partial charge in [0.15, 0.2) is 0 Å². The summed E-state index contributed by atoms with van der Waals surface area (Å²) in [5, 5.41) is 3.97. The van der Waals surface area contributed by atoms with Crippen LogP contribution in [0.3, 0.4) is 0 Å². The van der Waals surface area contributed by atoms with Gasteiger partial charge in [-0.1, -0.05) is 30.3 Å². The lowest BCUT2D eigenvalue weighted by molar-refractivity contribution is -0.134. The fraction of sp³-hybridized carbons (Fsp3) is 0.304. The summed E-state index contributed by atoms with van der Waals surface area (Å²) in [5.41, 5.74) is 4.43. The van der Waals surface area contributed by atoms with E-state index in [1.165, 1.54) is 5.69 Å². The number of nitrogens with one attached hydrogen (secondary N) is 2. The molecule has 1 aromatic heterocycles. The molecule has 0 spiro atoms. The Labute approximate surface area is 169 Å². The number of amides is 2. The van der Waals surface area contributed by atoms with Gasteiger partial charge in [-0.05, 0) is 23.8 Å². The van der Waals surface area contributed by atoms with E-state index in [1.807, 2.05) is 53.4 Å². The summed E-state index contributed by atoms with van der Waals surface area (Å²) >= 11 is 0. The Kier molecular flexibility index (Phi) is 5.51. The predicted molar refractivity (Wildman–Crippen MR) is 111 cm³/mol. The highest BCUT2D eigenvalue weighted by atomic mass is 16.5. The molecule has 0 atom stereocenters. The second-order valence-electron chi connectivity index (χ2n) is 7.32. The minimum Gasteiger partial charge on any atom is -0.497 e. The summed E-state index contributed by atoms with van der Waals surface area (Å²) in [4.78, 5) is 30.1. The van der Waals surface area contributed by atoms with Gasteiger partial charge in [-0.15, -0.1) is 0 Å². The van der Waals surface area contributed by atoms with Crippen molar-refractivity contribution >= 4 is 22.7 Å². The van der Waals surface area contributed by atoms with E-state index < -0.39 is 0 Å². The van der Waals surface area contributed by atoms with E-state index in [0.717, 1.165) is 34.2 Å². The molecule has 1 aliphatic rings. The second-order valence-corrected chi connectivity index (χ2v) is 7.32. The second kappa shape index (κ2) is 8.39. The van der Waals surface area contributed by atoms with Gasteiger partial charge < -0.3 is 19.9 Å². The number of rotatable bonds is 6. The van der Waals surface area contributed by atoms with Crippen molar-refractivity contribution in [2.45, 2.75) is 32.4 Å². The molecule has 2 aromatic carbocycles. The average Bonchev–Trinajstić information content (AvgIpc) is 3.13. The van der Waals surface area contributed by atoms with Crippen molar-refractivity contribution in [1.82, 2.24) is 15.2 Å². The van der Waals surface area contributed by atoms with Crippen LogP contribution in [0.5, 0.6) is 5.75 Å². The number of aromatic amines is 1. The van der Waals surface area contributed by atoms with Gasteiger partial charge in [0, 0.05) is 61.1 Å². The summed E-state index contributed by atoms with van der Waals surface area (Å²) in [6.07, 6.45) is 1.22. The summed E-state index contributed by atoms with van der Waals surface area (Å²) < 4.78 is 5.34. The highest BCUT2D eigenvalue weighted by Gasteiger charge is 2.24. The Morgan fingerprint density at radius 2 is 1.97 bits per heavy atom. The summed E-state index contributed by atoms with van der Waals surface area (Å²) in [5.74, 6) is 0.720. The lowest BCUT2D eigenvalue weighted by Crippen LogP contribution is -2.36. The first-order valence-electron chi connectivity index (χ1n) is 9.90. The lowest BCUT2D eigenvalue weighted by Gasteiger charge is -2.27. The van der Waals surface area contributed by atoms with Crippen LogP contribution in [-0.2, 0) is 29.1 Å². The van der Waals surface area contributed by atoms with Gasteiger partial charge in [0.05, 0.1) is 7.11 Å². The number of nitrogens with zero attached hydrogens (tertiary/aromatic N) is 1. The van der Waals surface area contributed by atoms with Crippen LogP contribution in [0.15, 0.2) is 48.5 Å². The first-order valence-corrected chi connectivity index (χ1v) is 9.90. The third-order valence-electron chi connectivity index (χ3n) is 5.43. The molecule has 3 aromatic rings. The molecule has 2 amide bonds. The Bertz CT molecular complexity index is 1030. The van der Waals surface area contributed by atoms with E-state index >= 15 is 0 Å². The number of benzene rings is 2. The Hall–Kier alpha value is -3.28. The highest BCUT2D eigenvalue weighted by molar-refractivity contribution is 5.88. The molecule has 0 aliphatic carbocycles. The quantitative estimate of drug-likeness (QED) is 0.678. The van der Waals surface area contributed by atoms with Crippen molar-refractivity contribution in [3.8, 4) is 5.75 Å². The van der Waals surface area contributed by atoms with Crippen LogP contribution >= 0.6 is 0 Å². The van der Waals surface area contributed by atoms with Crippen molar-refractivity contribution in [3.05, 3.63) is 65.4 Å². The maximum atomic E-state index is 12.7. The smallest absolute Gasteiger partial charge is 0.223 e. The van der Waals surface area contributed by atoms with Crippen LogP contribution in [-0.4, -0.2) is 35.4 Å². The van der Waals surface area contributed by atoms with Crippen LogP contribution < -0.4 is 10.1 Å². The topological polar surface area (TPSA) is 74.4 Å². The van der Waals surface area contributed by atoms with Gasteiger partial charge in [0.25, 0.3) is 0 Å². The van der Waals surface area contributed by atoms with Crippen LogP contribution in [0.25, 0.3) is 10.9 Å². The molecular formula is C23H25N3O3. The molecule has 4 rings (SSSR count). The zero-order valence-electron chi connectivity index (χ0n) is 16.5. The van der Waals surface area contributed by atoms with Crippen LogP contribution in [0.2, 0.25) is 0 Å². The van der Waals surface area contributed by atoms with Crippen LogP contribution in [0.1, 0.15) is 29.7 Å². The van der Waals surface area contributed by atoms with E-state index in [4.69, 9.17) is 4.74 Å². The monoisotopic (exact) mass is 391 g/mol. The SMILES string of the molecule is COc1ccc2[nH]c3c(c2c1)CN(C(=O)CCC(=O)NCc1ccccc1)CC3. The minimum atomic E-state index is -0.100. The zero-order chi connectivity index (χ0) is 20.2. The standard InChI is InChI=1S/C23H25N3O3/c1-29-17-7-8-20-18(13-17)19-15-26(12-11-21(19)25-20)23(28)10-9-22(27)24-14-16-5-3-2-4-6-16/h2-8,13,25H,9-12,14-15H2,1H3,(H,24,27). The van der Waals surface area contributed by atoms with Crippen molar-refractivity contribution in [2.75, 3.05) is 13.7 Å². The number of aromatic nitrogens is 1. The molecular weight excluding hydrogens is 366 g/mol. The fourth-order valence-corrected chi connectivity index (χ4v) is 3.80. The molecule has 6 heteroatoms. The maximum Gasteiger partial charge on any atom is 0.223 e. The predicted octanol–water partition coefficient (Wildman–Crippen LogP) is 3.16. The highest BCUT2D eigenvalue weighted by Crippen LogP contribution is 2.30. The molecule has 150 valence electrons. The van der Waals surface area contributed by atoms with E-state index in [0.29, 0.717) is 19.6 Å². The number of ether oxygens (including phenoxy) is 1. The molecule has 0 radical (unpaired) electrons. The largest absolute Gasteiger partial charge is 0.497 e. The molecule has 2 heterocycles. The van der Waals surface area contributed by atoms with Crippen molar-refractivity contribution in [1.29, 1.82) is 0 Å². The summed E-state index contributed by atoms with van der Waals surface area (Å²) in [6, 6.07) is 15.7. The van der Waals surface area contributed by atoms with Gasteiger partial charge in [-0.3, -0.25) is 9.59 Å². The number of carbonyl (C=O) groups is 2. The third-order valence-corrected chi connectivity index (χ3v) is 5.43. The van der Waals surface area contributed by atoms with Gasteiger partial charge in [-0.25, -0.2) is 0 Å². The molecule has 0 bridgehead atoms. The Morgan fingerprint density at radius 1 is 1.14 bits per heavy atom. The molecule has 29 heavy (non-hydrogen) atoms. The summed E-state index contributed by atoms with van der Waals surface area (Å²) in [7, 11) is 1.65. The fourth-order valence-electron chi connectivity index (χ4n) is 3.80. The van der Waals surface area contributed by atoms with Crippen LogP contribution in [0.4, 0.5) is 0 Å². The third kappa shape index (κ3) is 4.26. The van der Waals surface area contributed by atoms with Crippen molar-refractivity contribution in [3.63, 3.8) is 0 Å². The van der Waals surface area contributed by atoms with E-state index in [2.05, 4.69) is 10.3 Å². The summed E-state index contributed by atoms with van der Waals surface area (Å²) in [6.45, 7) is 1.71. The van der Waals surface area contributed by atoms with Crippen molar-refractivity contribution in [2.24, 2.45) is 0 Å². The first kappa shape index (κ1) is 19.1. The normalized spacial score (nSPS) is 13.2. The maximum absolute atomic E-state index is 12.7. The number of methoxy groups -OCH3 is 1. The Balaban J connectivity index is 1.34. The average molecular weight is 391 g/mol. The first-order chi connectivity index (χ1) is 14.1. The molecule has 0 fully saturated rings. The van der Waals surface area contributed by atoms with E-state index in [1.54, 1.807) is 7.11 Å². The lowest BCUT2D eigenvalue weighted by atomic mass is 10.0. The number of fused-ring (bicyclic) bond motifs is 3. The number of hydrogen-bond acceptors (Lipinski definition) is 3. The Morgan fingerprint density at radius 3 is 2.76 bits per heavy atom. The number of hydrogen-bond donors (Lipinski definition) is 2. The van der Waals surface area contributed by atoms with Gasteiger partial charge in [0.2, 0.25) is 11.8 Å². The molecule has 0 saturated heterocycles. The minimum absolute atomic E-state index is 0.0164. The van der Waals surface area contributed by atoms with Crippen molar-refractivity contribution < 1.29 is 14.3 Å².